The zero-order valence-corrected chi connectivity index (χ0v) is 14.0. The Balaban J connectivity index is 2.05. The average molecular weight is 330 g/mol. The number of nitro benzene ring substituents is 1. The Morgan fingerprint density at radius 3 is 2.61 bits per heavy atom. The summed E-state index contributed by atoms with van der Waals surface area (Å²) < 4.78 is 0. The number of rotatable bonds is 5. The van der Waals surface area contributed by atoms with Crippen LogP contribution in [0.4, 0.5) is 11.4 Å². The standard InChI is InChI=1S/C17H18N2O3S/c1-11-7-8-16(12(2)9-11)23-13(3)17(20)18-14-5-4-6-15(10-14)19(21)22/h4-10,13H,1-3H3,(H,18,20). The van der Waals surface area contributed by atoms with E-state index in [-0.39, 0.29) is 16.8 Å². The highest BCUT2D eigenvalue weighted by molar-refractivity contribution is 8.00. The molecule has 2 rings (SSSR count). The number of aryl methyl sites for hydroxylation is 2. The molecule has 1 atom stereocenters. The molecule has 0 heterocycles. The summed E-state index contributed by atoms with van der Waals surface area (Å²) in [6, 6.07) is 12.0. The SMILES string of the molecule is Cc1ccc(SC(C)C(=O)Nc2cccc([N+](=O)[O-])c2)c(C)c1. The Morgan fingerprint density at radius 1 is 1.22 bits per heavy atom. The second-order valence-electron chi connectivity index (χ2n) is 5.33. The van der Waals surface area contributed by atoms with Gasteiger partial charge in [-0.25, -0.2) is 0 Å². The van der Waals surface area contributed by atoms with Crippen molar-refractivity contribution in [1.82, 2.24) is 0 Å². The van der Waals surface area contributed by atoms with Gasteiger partial charge in [-0.1, -0.05) is 23.8 Å². The van der Waals surface area contributed by atoms with E-state index in [0.717, 1.165) is 10.5 Å². The first kappa shape index (κ1) is 17.0. The summed E-state index contributed by atoms with van der Waals surface area (Å²) in [6.45, 7) is 5.86. The summed E-state index contributed by atoms with van der Waals surface area (Å²) in [4.78, 5) is 23.6. The van der Waals surface area contributed by atoms with E-state index in [2.05, 4.69) is 11.4 Å². The Labute approximate surface area is 139 Å². The smallest absolute Gasteiger partial charge is 0.271 e. The lowest BCUT2D eigenvalue weighted by Crippen LogP contribution is -2.22. The summed E-state index contributed by atoms with van der Waals surface area (Å²) in [7, 11) is 0. The number of hydrogen-bond donors (Lipinski definition) is 1. The highest BCUT2D eigenvalue weighted by Crippen LogP contribution is 2.28. The fraction of sp³-hybridized carbons (Fsp3) is 0.235. The first-order chi connectivity index (χ1) is 10.9. The minimum absolute atomic E-state index is 0.0440. The largest absolute Gasteiger partial charge is 0.325 e. The predicted octanol–water partition coefficient (Wildman–Crippen LogP) is 4.33. The number of thioether (sulfide) groups is 1. The maximum atomic E-state index is 12.3. The van der Waals surface area contributed by atoms with Crippen molar-refractivity contribution in [3.05, 3.63) is 63.7 Å². The molecule has 23 heavy (non-hydrogen) atoms. The second-order valence-corrected chi connectivity index (χ2v) is 6.71. The molecule has 1 N–H and O–H groups in total. The van der Waals surface area contributed by atoms with E-state index in [4.69, 9.17) is 0 Å². The molecule has 1 unspecified atom stereocenters. The molecule has 0 fully saturated rings. The topological polar surface area (TPSA) is 72.2 Å². The number of anilines is 1. The normalized spacial score (nSPS) is 11.8. The number of nitro groups is 1. The molecule has 0 bridgehead atoms. The Kier molecular flexibility index (Phi) is 5.39. The predicted molar refractivity (Wildman–Crippen MR) is 93.0 cm³/mol. The fourth-order valence-electron chi connectivity index (χ4n) is 2.12. The number of carbonyl (C=O) groups is 1. The van der Waals surface area contributed by atoms with E-state index in [1.165, 1.54) is 29.5 Å². The van der Waals surface area contributed by atoms with Crippen LogP contribution >= 0.6 is 11.8 Å². The van der Waals surface area contributed by atoms with Crippen LogP contribution in [0.15, 0.2) is 47.4 Å². The van der Waals surface area contributed by atoms with E-state index in [1.54, 1.807) is 12.1 Å². The third kappa shape index (κ3) is 4.56. The van der Waals surface area contributed by atoms with Crippen LogP contribution in [0.3, 0.4) is 0 Å². The van der Waals surface area contributed by atoms with Crippen molar-refractivity contribution < 1.29 is 9.72 Å². The monoisotopic (exact) mass is 330 g/mol. The first-order valence-electron chi connectivity index (χ1n) is 7.16. The maximum absolute atomic E-state index is 12.3. The van der Waals surface area contributed by atoms with E-state index >= 15 is 0 Å². The molecule has 2 aromatic carbocycles. The molecule has 5 nitrogen and oxygen atoms in total. The number of carbonyl (C=O) groups excluding carboxylic acids is 1. The lowest BCUT2D eigenvalue weighted by molar-refractivity contribution is -0.384. The molecule has 0 saturated heterocycles. The number of benzene rings is 2. The summed E-state index contributed by atoms with van der Waals surface area (Å²) >= 11 is 1.47. The molecule has 6 heteroatoms. The van der Waals surface area contributed by atoms with Crippen LogP contribution in [-0.2, 0) is 4.79 Å². The van der Waals surface area contributed by atoms with Gasteiger partial charge in [-0.2, -0.15) is 0 Å². The summed E-state index contributed by atoms with van der Waals surface area (Å²) in [5, 5.41) is 13.2. The van der Waals surface area contributed by atoms with Crippen LogP contribution in [0, 0.1) is 24.0 Å². The minimum atomic E-state index is -0.483. The molecule has 0 aliphatic heterocycles. The van der Waals surface area contributed by atoms with Gasteiger partial charge in [0.05, 0.1) is 10.2 Å². The molecular weight excluding hydrogens is 312 g/mol. The van der Waals surface area contributed by atoms with Gasteiger partial charge in [-0.15, -0.1) is 11.8 Å². The van der Waals surface area contributed by atoms with Gasteiger partial charge in [-0.05, 0) is 38.5 Å². The van der Waals surface area contributed by atoms with Gasteiger partial charge in [-0.3, -0.25) is 14.9 Å². The lowest BCUT2D eigenvalue weighted by atomic mass is 10.2. The van der Waals surface area contributed by atoms with Gasteiger partial charge in [0.25, 0.3) is 5.69 Å². The van der Waals surface area contributed by atoms with Crippen LogP contribution in [0.25, 0.3) is 0 Å². The average Bonchev–Trinajstić information content (AvgIpc) is 2.50. The number of non-ortho nitro benzene ring substituents is 1. The van der Waals surface area contributed by atoms with Crippen LogP contribution in [0.2, 0.25) is 0 Å². The van der Waals surface area contributed by atoms with Crippen molar-refractivity contribution in [2.24, 2.45) is 0 Å². The highest BCUT2D eigenvalue weighted by atomic mass is 32.2. The van der Waals surface area contributed by atoms with Gasteiger partial charge in [0, 0.05) is 22.7 Å². The van der Waals surface area contributed by atoms with E-state index in [9.17, 15) is 14.9 Å². The van der Waals surface area contributed by atoms with E-state index in [0.29, 0.717) is 5.69 Å². The summed E-state index contributed by atoms with van der Waals surface area (Å²) in [6.07, 6.45) is 0. The molecule has 0 saturated carbocycles. The summed E-state index contributed by atoms with van der Waals surface area (Å²) in [5.74, 6) is -0.185. The lowest BCUT2D eigenvalue weighted by Gasteiger charge is -2.13. The van der Waals surface area contributed by atoms with E-state index in [1.807, 2.05) is 32.9 Å². The van der Waals surface area contributed by atoms with Crippen molar-refractivity contribution in [3.8, 4) is 0 Å². The maximum Gasteiger partial charge on any atom is 0.271 e. The van der Waals surface area contributed by atoms with Crippen molar-refractivity contribution in [1.29, 1.82) is 0 Å². The van der Waals surface area contributed by atoms with Crippen LogP contribution in [0.1, 0.15) is 18.1 Å². The quantitative estimate of drug-likeness (QED) is 0.503. The third-order valence-corrected chi connectivity index (χ3v) is 4.61. The Morgan fingerprint density at radius 2 is 1.96 bits per heavy atom. The molecule has 0 aliphatic rings. The number of hydrogen-bond acceptors (Lipinski definition) is 4. The van der Waals surface area contributed by atoms with Crippen molar-refractivity contribution >= 4 is 29.0 Å². The number of nitrogens with zero attached hydrogens (tertiary/aromatic N) is 1. The van der Waals surface area contributed by atoms with Gasteiger partial charge in [0.1, 0.15) is 0 Å². The Bertz CT molecular complexity index is 746. The molecular formula is C17H18N2O3S. The molecule has 2 aromatic rings. The highest BCUT2D eigenvalue weighted by Gasteiger charge is 2.16. The fourth-order valence-corrected chi connectivity index (χ4v) is 3.05. The van der Waals surface area contributed by atoms with Gasteiger partial charge < -0.3 is 5.32 Å². The van der Waals surface area contributed by atoms with Gasteiger partial charge >= 0.3 is 0 Å². The molecule has 120 valence electrons. The molecule has 0 aliphatic carbocycles. The van der Waals surface area contributed by atoms with Crippen molar-refractivity contribution in [3.63, 3.8) is 0 Å². The first-order valence-corrected chi connectivity index (χ1v) is 8.04. The molecule has 0 aromatic heterocycles. The van der Waals surface area contributed by atoms with E-state index < -0.39 is 4.92 Å². The van der Waals surface area contributed by atoms with Gasteiger partial charge in [0.2, 0.25) is 5.91 Å². The van der Waals surface area contributed by atoms with Crippen molar-refractivity contribution in [2.75, 3.05) is 5.32 Å². The van der Waals surface area contributed by atoms with Crippen LogP contribution in [-0.4, -0.2) is 16.1 Å². The van der Waals surface area contributed by atoms with Crippen molar-refractivity contribution in [2.45, 2.75) is 30.9 Å². The molecule has 0 spiro atoms. The van der Waals surface area contributed by atoms with Crippen LogP contribution in [0.5, 0.6) is 0 Å². The zero-order chi connectivity index (χ0) is 17.0. The minimum Gasteiger partial charge on any atom is -0.325 e. The number of nitrogens with one attached hydrogen (secondary N) is 1. The third-order valence-electron chi connectivity index (χ3n) is 3.33. The molecule has 1 amide bonds. The zero-order valence-electron chi connectivity index (χ0n) is 13.2. The number of amides is 1. The second kappa shape index (κ2) is 7.28. The van der Waals surface area contributed by atoms with Gasteiger partial charge in [0.15, 0.2) is 0 Å². The summed E-state index contributed by atoms with van der Waals surface area (Å²) in [5.41, 5.74) is 2.69. The van der Waals surface area contributed by atoms with Crippen LogP contribution < -0.4 is 5.32 Å². The Hall–Kier alpha value is -2.34. The molecule has 0 radical (unpaired) electrons.